The highest BCUT2D eigenvalue weighted by Crippen LogP contribution is 2.38. The van der Waals surface area contributed by atoms with E-state index in [9.17, 15) is 9.90 Å². The summed E-state index contributed by atoms with van der Waals surface area (Å²) in [7, 11) is 0. The van der Waals surface area contributed by atoms with Gasteiger partial charge in [-0.2, -0.15) is 0 Å². The summed E-state index contributed by atoms with van der Waals surface area (Å²) in [6.07, 6.45) is 1.63. The zero-order chi connectivity index (χ0) is 13.4. The maximum absolute atomic E-state index is 12.3. The van der Waals surface area contributed by atoms with Crippen LogP contribution in [-0.4, -0.2) is 16.5 Å². The van der Waals surface area contributed by atoms with Crippen LogP contribution in [0.2, 0.25) is 0 Å². The molecule has 1 aliphatic carbocycles. The normalized spacial score (nSPS) is 32.0. The molecule has 2 rings (SSSR count). The number of aliphatic hydroxyl groups is 1. The van der Waals surface area contributed by atoms with E-state index in [-0.39, 0.29) is 5.78 Å². The summed E-state index contributed by atoms with van der Waals surface area (Å²) in [5.41, 5.74) is 4.72. The average Bonchev–Trinajstić information content (AvgIpc) is 2.36. The van der Waals surface area contributed by atoms with E-state index < -0.39 is 11.1 Å². The van der Waals surface area contributed by atoms with Gasteiger partial charge >= 0.3 is 0 Å². The van der Waals surface area contributed by atoms with Crippen molar-refractivity contribution >= 4 is 11.5 Å². The fourth-order valence-electron chi connectivity index (χ4n) is 2.55. The van der Waals surface area contributed by atoms with E-state index in [1.807, 2.05) is 0 Å². The van der Waals surface area contributed by atoms with Gasteiger partial charge in [0.05, 0.1) is 6.57 Å². The first kappa shape index (κ1) is 12.7. The molecule has 1 aliphatic rings. The molecule has 4 heteroatoms. The van der Waals surface area contributed by atoms with E-state index in [1.54, 1.807) is 24.3 Å². The van der Waals surface area contributed by atoms with Crippen LogP contribution in [0.3, 0.4) is 0 Å². The number of ketones is 1. The lowest BCUT2D eigenvalue weighted by atomic mass is 9.70. The van der Waals surface area contributed by atoms with Gasteiger partial charge in [0.15, 0.2) is 11.5 Å². The Morgan fingerprint density at radius 2 is 2.17 bits per heavy atom. The SMILES string of the molecule is [C-]#[N+]c1cccc(C2(N)CCCC(C)(O)C2=O)c1. The molecule has 0 saturated heterocycles. The van der Waals surface area contributed by atoms with Gasteiger partial charge < -0.3 is 10.8 Å². The summed E-state index contributed by atoms with van der Waals surface area (Å²) in [5.74, 6) is -0.358. The third-order valence-electron chi connectivity index (χ3n) is 3.62. The molecule has 1 saturated carbocycles. The molecule has 0 bridgehead atoms. The molecule has 0 aromatic heterocycles. The van der Waals surface area contributed by atoms with Crippen molar-refractivity contribution in [3.05, 3.63) is 41.2 Å². The molecule has 18 heavy (non-hydrogen) atoms. The van der Waals surface area contributed by atoms with E-state index in [0.717, 1.165) is 0 Å². The average molecular weight is 244 g/mol. The van der Waals surface area contributed by atoms with Crippen LogP contribution in [0.15, 0.2) is 24.3 Å². The Morgan fingerprint density at radius 1 is 1.44 bits per heavy atom. The fourth-order valence-corrected chi connectivity index (χ4v) is 2.55. The Hall–Kier alpha value is -1.70. The number of nitrogens with zero attached hydrogens (tertiary/aromatic N) is 1. The zero-order valence-corrected chi connectivity index (χ0v) is 10.3. The highest BCUT2D eigenvalue weighted by molar-refractivity contribution is 5.96. The van der Waals surface area contributed by atoms with Crippen LogP contribution in [0.5, 0.6) is 0 Å². The van der Waals surface area contributed by atoms with Gasteiger partial charge in [-0.15, -0.1) is 0 Å². The smallest absolute Gasteiger partial charge is 0.188 e. The largest absolute Gasteiger partial charge is 0.382 e. The predicted molar refractivity (Wildman–Crippen MR) is 68.1 cm³/mol. The molecule has 1 aromatic carbocycles. The minimum atomic E-state index is -1.37. The van der Waals surface area contributed by atoms with Gasteiger partial charge in [0, 0.05) is 0 Å². The van der Waals surface area contributed by atoms with E-state index >= 15 is 0 Å². The van der Waals surface area contributed by atoms with E-state index in [1.165, 1.54) is 6.92 Å². The predicted octanol–water partition coefficient (Wildman–Crippen LogP) is 1.90. The number of rotatable bonds is 1. The second kappa shape index (κ2) is 4.20. The van der Waals surface area contributed by atoms with Gasteiger partial charge in [-0.05, 0) is 31.7 Å². The van der Waals surface area contributed by atoms with Crippen LogP contribution in [-0.2, 0) is 10.3 Å². The van der Waals surface area contributed by atoms with Crippen molar-refractivity contribution in [2.45, 2.75) is 37.3 Å². The van der Waals surface area contributed by atoms with Crippen molar-refractivity contribution in [1.82, 2.24) is 0 Å². The van der Waals surface area contributed by atoms with Crippen LogP contribution in [0.1, 0.15) is 31.7 Å². The summed E-state index contributed by atoms with van der Waals surface area (Å²) in [4.78, 5) is 15.7. The minimum absolute atomic E-state index is 0.358. The summed E-state index contributed by atoms with van der Waals surface area (Å²) < 4.78 is 0. The molecule has 2 atom stereocenters. The van der Waals surface area contributed by atoms with Crippen molar-refractivity contribution in [3.63, 3.8) is 0 Å². The van der Waals surface area contributed by atoms with Crippen molar-refractivity contribution in [2.75, 3.05) is 0 Å². The molecule has 94 valence electrons. The molecule has 0 amide bonds. The first-order chi connectivity index (χ1) is 8.40. The molecule has 1 fully saturated rings. The van der Waals surface area contributed by atoms with Gasteiger partial charge in [0.25, 0.3) is 0 Å². The molecule has 0 aliphatic heterocycles. The Balaban J connectivity index is 2.47. The molecule has 0 spiro atoms. The molecule has 2 unspecified atom stereocenters. The number of nitrogens with two attached hydrogens (primary N) is 1. The van der Waals surface area contributed by atoms with Crippen molar-refractivity contribution in [3.8, 4) is 0 Å². The second-order valence-electron chi connectivity index (χ2n) is 5.09. The van der Waals surface area contributed by atoms with Crippen LogP contribution < -0.4 is 5.73 Å². The summed E-state index contributed by atoms with van der Waals surface area (Å²) in [5, 5.41) is 10.1. The number of benzene rings is 1. The minimum Gasteiger partial charge on any atom is -0.382 e. The van der Waals surface area contributed by atoms with Gasteiger partial charge in [0.1, 0.15) is 11.1 Å². The molecule has 1 aromatic rings. The van der Waals surface area contributed by atoms with Crippen LogP contribution in [0, 0.1) is 6.57 Å². The van der Waals surface area contributed by atoms with Crippen molar-refractivity contribution < 1.29 is 9.90 Å². The van der Waals surface area contributed by atoms with Gasteiger partial charge in [-0.25, -0.2) is 4.85 Å². The maximum Gasteiger partial charge on any atom is 0.188 e. The van der Waals surface area contributed by atoms with E-state index in [0.29, 0.717) is 30.5 Å². The third-order valence-corrected chi connectivity index (χ3v) is 3.62. The van der Waals surface area contributed by atoms with Crippen molar-refractivity contribution in [2.24, 2.45) is 5.73 Å². The lowest BCUT2D eigenvalue weighted by Gasteiger charge is -2.40. The maximum atomic E-state index is 12.3. The second-order valence-corrected chi connectivity index (χ2v) is 5.09. The topological polar surface area (TPSA) is 67.7 Å². The van der Waals surface area contributed by atoms with Crippen molar-refractivity contribution in [1.29, 1.82) is 0 Å². The molecular weight excluding hydrogens is 228 g/mol. The number of carbonyl (C=O) groups excluding carboxylic acids is 1. The van der Waals surface area contributed by atoms with Gasteiger partial charge in [-0.3, -0.25) is 4.79 Å². The van der Waals surface area contributed by atoms with Crippen LogP contribution >= 0.6 is 0 Å². The highest BCUT2D eigenvalue weighted by Gasteiger charge is 2.48. The number of hydrogen-bond acceptors (Lipinski definition) is 3. The van der Waals surface area contributed by atoms with Crippen LogP contribution in [0.25, 0.3) is 4.85 Å². The number of carbonyl (C=O) groups is 1. The molecule has 4 nitrogen and oxygen atoms in total. The van der Waals surface area contributed by atoms with E-state index in [2.05, 4.69) is 4.85 Å². The molecule has 3 N–H and O–H groups in total. The molecule has 0 radical (unpaired) electrons. The quantitative estimate of drug-likeness (QED) is 0.741. The Bertz CT molecular complexity index is 531. The molecular formula is C14H16N2O2. The standard InChI is InChI=1S/C14H16N2O2/c1-13(18)7-4-8-14(15,12(13)17)10-5-3-6-11(9-10)16-2/h3,5-6,9,18H,4,7-8,15H2,1H3. The summed E-state index contributed by atoms with van der Waals surface area (Å²) in [6.45, 7) is 8.50. The summed E-state index contributed by atoms with van der Waals surface area (Å²) in [6, 6.07) is 6.76. The Kier molecular flexibility index (Phi) is 2.97. The first-order valence-electron chi connectivity index (χ1n) is 5.94. The number of Topliss-reactive ketones (excluding diaryl/α,β-unsaturated/α-hetero) is 1. The molecule has 0 heterocycles. The Morgan fingerprint density at radius 3 is 2.83 bits per heavy atom. The monoisotopic (exact) mass is 244 g/mol. The fraction of sp³-hybridized carbons (Fsp3) is 0.429. The third kappa shape index (κ3) is 1.92. The van der Waals surface area contributed by atoms with Gasteiger partial charge in [0.2, 0.25) is 0 Å². The van der Waals surface area contributed by atoms with Crippen LogP contribution in [0.4, 0.5) is 5.69 Å². The zero-order valence-electron chi connectivity index (χ0n) is 10.3. The first-order valence-corrected chi connectivity index (χ1v) is 5.94. The van der Waals surface area contributed by atoms with Gasteiger partial charge in [-0.1, -0.05) is 24.3 Å². The lowest BCUT2D eigenvalue weighted by molar-refractivity contribution is -0.146. The Labute approximate surface area is 106 Å². The summed E-state index contributed by atoms with van der Waals surface area (Å²) >= 11 is 0. The lowest BCUT2D eigenvalue weighted by Crippen LogP contribution is -2.57. The van der Waals surface area contributed by atoms with E-state index in [4.69, 9.17) is 12.3 Å². The highest BCUT2D eigenvalue weighted by atomic mass is 16.3. The number of hydrogen-bond donors (Lipinski definition) is 2.